The number of hydrogen-bond donors (Lipinski definition) is 1. The second-order valence-corrected chi connectivity index (χ2v) is 2.48. The minimum absolute atomic E-state index is 0. The average molecular weight is 108 g/mol. The molecule has 0 spiro atoms. The summed E-state index contributed by atoms with van der Waals surface area (Å²) in [4.78, 5) is 0. The molecule has 0 aromatic heterocycles. The van der Waals surface area contributed by atoms with Crippen molar-refractivity contribution in [2.75, 3.05) is 0 Å². The predicted molar refractivity (Wildman–Crippen MR) is 33.4 cm³/mol. The van der Waals surface area contributed by atoms with Crippen LogP contribution in [0.15, 0.2) is 0 Å². The molecule has 0 fully saturated rings. The van der Waals surface area contributed by atoms with Crippen LogP contribution in [-0.4, -0.2) is 12.1 Å². The van der Waals surface area contributed by atoms with Gasteiger partial charge in [-0.25, -0.2) is 0 Å². The van der Waals surface area contributed by atoms with Gasteiger partial charge < -0.3 is 5.32 Å². The Balaban J connectivity index is 0. The Kier molecular flexibility index (Phi) is 8.08. The molecule has 0 aliphatic heterocycles. The maximum absolute atomic E-state index is 3.31. The Morgan fingerprint density at radius 3 is 1.12 bits per heavy atom. The summed E-state index contributed by atoms with van der Waals surface area (Å²) in [5.41, 5.74) is 0. The maximum atomic E-state index is 3.31. The summed E-state index contributed by atoms with van der Waals surface area (Å²) >= 11 is 0. The van der Waals surface area contributed by atoms with Crippen LogP contribution in [0.3, 0.4) is 0 Å². The quantitative estimate of drug-likeness (QED) is 0.420. The van der Waals surface area contributed by atoms with E-state index in [1.807, 2.05) is 0 Å². The standard InChI is InChI=1S/C6H15N.Li/c1-5(2)7-6(3)4;/h5-7H,1-4H3;/q;+1. The Morgan fingerprint density at radius 1 is 0.875 bits per heavy atom. The molecule has 0 heterocycles. The number of rotatable bonds is 2. The van der Waals surface area contributed by atoms with Crippen LogP contribution in [0.5, 0.6) is 0 Å². The van der Waals surface area contributed by atoms with Crippen molar-refractivity contribution in [3.8, 4) is 0 Å². The number of hydrogen-bond acceptors (Lipinski definition) is 1. The van der Waals surface area contributed by atoms with Gasteiger partial charge in [-0.1, -0.05) is 27.7 Å². The molecule has 1 N–H and O–H groups in total. The van der Waals surface area contributed by atoms with Crippen molar-refractivity contribution in [3.05, 3.63) is 0 Å². The predicted octanol–water partition coefficient (Wildman–Crippen LogP) is -1.60. The molecule has 44 valence electrons. The zero-order chi connectivity index (χ0) is 5.86. The second-order valence-electron chi connectivity index (χ2n) is 2.48. The molecule has 0 bridgehead atoms. The smallest absolute Gasteiger partial charge is 0.312 e. The van der Waals surface area contributed by atoms with Gasteiger partial charge in [-0.15, -0.1) is 0 Å². The van der Waals surface area contributed by atoms with Crippen LogP contribution in [0.25, 0.3) is 0 Å². The third-order valence-electron chi connectivity index (χ3n) is 0.667. The molecule has 0 rings (SSSR count). The Bertz CT molecular complexity index is 37.8. The van der Waals surface area contributed by atoms with E-state index in [0.717, 1.165) is 0 Å². The van der Waals surface area contributed by atoms with Crippen molar-refractivity contribution in [1.82, 2.24) is 5.32 Å². The summed E-state index contributed by atoms with van der Waals surface area (Å²) in [6.07, 6.45) is 0. The van der Waals surface area contributed by atoms with E-state index >= 15 is 0 Å². The Morgan fingerprint density at radius 2 is 1.12 bits per heavy atom. The first-order valence-corrected chi connectivity index (χ1v) is 2.89. The van der Waals surface area contributed by atoms with Gasteiger partial charge in [0.05, 0.1) is 0 Å². The normalized spacial score (nSPS) is 9.75. The van der Waals surface area contributed by atoms with Gasteiger partial charge in [0.15, 0.2) is 0 Å². The summed E-state index contributed by atoms with van der Waals surface area (Å²) < 4.78 is 0. The van der Waals surface area contributed by atoms with E-state index in [1.54, 1.807) is 0 Å². The van der Waals surface area contributed by atoms with Gasteiger partial charge in [0.25, 0.3) is 0 Å². The molecule has 0 aromatic rings. The maximum Gasteiger partial charge on any atom is 1.00 e. The van der Waals surface area contributed by atoms with Crippen LogP contribution in [0.4, 0.5) is 0 Å². The zero-order valence-electron chi connectivity index (χ0n) is 6.65. The molecular formula is C6H15LiN+. The van der Waals surface area contributed by atoms with Gasteiger partial charge in [0.2, 0.25) is 0 Å². The number of nitrogens with one attached hydrogen (secondary N) is 1. The minimum Gasteiger partial charge on any atom is -0.312 e. The second kappa shape index (κ2) is 5.69. The Hall–Kier alpha value is 0.557. The van der Waals surface area contributed by atoms with Crippen molar-refractivity contribution < 1.29 is 18.9 Å². The van der Waals surface area contributed by atoms with Crippen LogP contribution in [0, 0.1) is 0 Å². The summed E-state index contributed by atoms with van der Waals surface area (Å²) in [5, 5.41) is 3.31. The minimum atomic E-state index is 0. The van der Waals surface area contributed by atoms with E-state index in [4.69, 9.17) is 0 Å². The molecule has 0 saturated carbocycles. The first kappa shape index (κ1) is 11.4. The molecule has 0 unspecified atom stereocenters. The van der Waals surface area contributed by atoms with Crippen LogP contribution < -0.4 is 24.2 Å². The summed E-state index contributed by atoms with van der Waals surface area (Å²) in [6, 6.07) is 1.25. The monoisotopic (exact) mass is 108 g/mol. The molecular weight excluding hydrogens is 93.0 g/mol. The summed E-state index contributed by atoms with van der Waals surface area (Å²) in [7, 11) is 0. The molecule has 0 atom stereocenters. The van der Waals surface area contributed by atoms with E-state index < -0.39 is 0 Å². The summed E-state index contributed by atoms with van der Waals surface area (Å²) in [5.74, 6) is 0. The molecule has 1 nitrogen and oxygen atoms in total. The fourth-order valence-electron chi connectivity index (χ4n) is 0.667. The molecule has 0 aliphatic carbocycles. The molecule has 0 radical (unpaired) electrons. The molecule has 0 saturated heterocycles. The molecule has 8 heavy (non-hydrogen) atoms. The average Bonchev–Trinajstić information content (AvgIpc) is 1.27. The molecule has 0 aliphatic rings. The van der Waals surface area contributed by atoms with Crippen molar-refractivity contribution in [3.63, 3.8) is 0 Å². The third kappa shape index (κ3) is 9.75. The van der Waals surface area contributed by atoms with Gasteiger partial charge in [0.1, 0.15) is 0 Å². The Labute approximate surface area is 64.4 Å². The largest absolute Gasteiger partial charge is 1.00 e. The summed E-state index contributed by atoms with van der Waals surface area (Å²) in [6.45, 7) is 8.61. The van der Waals surface area contributed by atoms with Crippen LogP contribution in [0.2, 0.25) is 0 Å². The van der Waals surface area contributed by atoms with Crippen LogP contribution >= 0.6 is 0 Å². The third-order valence-corrected chi connectivity index (χ3v) is 0.667. The van der Waals surface area contributed by atoms with Gasteiger partial charge in [0, 0.05) is 12.1 Å². The van der Waals surface area contributed by atoms with Gasteiger partial charge in [-0.3, -0.25) is 0 Å². The van der Waals surface area contributed by atoms with Crippen LogP contribution in [-0.2, 0) is 0 Å². The first-order chi connectivity index (χ1) is 3.13. The van der Waals surface area contributed by atoms with E-state index in [0.29, 0.717) is 12.1 Å². The molecule has 0 amide bonds. The van der Waals surface area contributed by atoms with E-state index in [-0.39, 0.29) is 18.9 Å². The molecule has 2 heteroatoms. The SMILES string of the molecule is CC(C)NC(C)C.[Li+]. The van der Waals surface area contributed by atoms with Crippen molar-refractivity contribution in [1.29, 1.82) is 0 Å². The fraction of sp³-hybridized carbons (Fsp3) is 1.00. The fourth-order valence-corrected chi connectivity index (χ4v) is 0.667. The zero-order valence-corrected chi connectivity index (χ0v) is 6.65. The first-order valence-electron chi connectivity index (χ1n) is 2.89. The van der Waals surface area contributed by atoms with Gasteiger partial charge in [-0.2, -0.15) is 0 Å². The topological polar surface area (TPSA) is 12.0 Å². The van der Waals surface area contributed by atoms with Gasteiger partial charge >= 0.3 is 18.9 Å². The van der Waals surface area contributed by atoms with E-state index in [9.17, 15) is 0 Å². The van der Waals surface area contributed by atoms with Crippen molar-refractivity contribution in [2.45, 2.75) is 39.8 Å². The van der Waals surface area contributed by atoms with Crippen molar-refractivity contribution >= 4 is 0 Å². The van der Waals surface area contributed by atoms with Gasteiger partial charge in [-0.05, 0) is 0 Å². The van der Waals surface area contributed by atoms with Crippen LogP contribution in [0.1, 0.15) is 27.7 Å². The van der Waals surface area contributed by atoms with E-state index in [2.05, 4.69) is 33.0 Å². The molecule has 0 aromatic carbocycles. The van der Waals surface area contributed by atoms with E-state index in [1.165, 1.54) is 0 Å². The van der Waals surface area contributed by atoms with Crippen molar-refractivity contribution in [2.24, 2.45) is 0 Å².